The zero-order valence-corrected chi connectivity index (χ0v) is 10.6. The molecule has 1 aromatic rings. The number of hydrogen-bond acceptors (Lipinski definition) is 2. The highest BCUT2D eigenvalue weighted by Gasteiger charge is 1.96. The third-order valence-electron chi connectivity index (χ3n) is 2.35. The molecule has 0 unspecified atom stereocenters. The highest BCUT2D eigenvalue weighted by Crippen LogP contribution is 2.06. The van der Waals surface area contributed by atoms with Crippen LogP contribution in [0.25, 0.3) is 0 Å². The summed E-state index contributed by atoms with van der Waals surface area (Å²) in [7, 11) is 0. The molecule has 1 N–H and O–H groups in total. The first-order valence-electron chi connectivity index (χ1n) is 6.11. The molecule has 0 spiro atoms. The number of hydrogen-bond donors (Lipinski definition) is 1. The summed E-state index contributed by atoms with van der Waals surface area (Å²) in [5.74, 6) is 0. The van der Waals surface area contributed by atoms with E-state index in [1.54, 1.807) is 0 Å². The Morgan fingerprint density at radius 2 is 1.75 bits per heavy atom. The van der Waals surface area contributed by atoms with Crippen LogP contribution in [-0.4, -0.2) is 12.6 Å². The predicted octanol–water partition coefficient (Wildman–Crippen LogP) is 3.11. The summed E-state index contributed by atoms with van der Waals surface area (Å²) in [6.07, 6.45) is 1.08. The fraction of sp³-hybridized carbons (Fsp3) is 0.571. The topological polar surface area (TPSA) is 21.3 Å². The van der Waals surface area contributed by atoms with Crippen molar-refractivity contribution in [2.75, 3.05) is 6.61 Å². The van der Waals surface area contributed by atoms with Crippen LogP contribution in [0.2, 0.25) is 0 Å². The lowest BCUT2D eigenvalue weighted by atomic mass is 10.1. The van der Waals surface area contributed by atoms with Gasteiger partial charge >= 0.3 is 0 Å². The largest absolute Gasteiger partial charge is 0.377 e. The van der Waals surface area contributed by atoms with Crippen LogP contribution >= 0.6 is 0 Å². The van der Waals surface area contributed by atoms with E-state index >= 15 is 0 Å². The first kappa shape index (κ1) is 13.2. The molecule has 1 rings (SSSR count). The third-order valence-corrected chi connectivity index (χ3v) is 2.35. The second-order valence-electron chi connectivity index (χ2n) is 4.40. The van der Waals surface area contributed by atoms with E-state index in [1.165, 1.54) is 11.1 Å². The number of nitrogens with one attached hydrogen (secondary N) is 1. The Morgan fingerprint density at radius 1 is 1.12 bits per heavy atom. The van der Waals surface area contributed by atoms with Gasteiger partial charge in [-0.25, -0.2) is 0 Å². The average Bonchev–Trinajstić information content (AvgIpc) is 2.28. The maximum absolute atomic E-state index is 5.49. The van der Waals surface area contributed by atoms with Crippen molar-refractivity contribution < 1.29 is 4.74 Å². The van der Waals surface area contributed by atoms with Crippen LogP contribution in [0.4, 0.5) is 0 Å². The van der Waals surface area contributed by atoms with Crippen molar-refractivity contribution in [1.82, 2.24) is 5.32 Å². The van der Waals surface area contributed by atoms with Gasteiger partial charge < -0.3 is 10.1 Å². The Balaban J connectivity index is 2.35. The van der Waals surface area contributed by atoms with Crippen LogP contribution in [-0.2, 0) is 17.9 Å². The Kier molecular flexibility index (Phi) is 6.12. The molecule has 0 saturated carbocycles. The molecule has 0 bridgehead atoms. The molecule has 2 nitrogen and oxygen atoms in total. The van der Waals surface area contributed by atoms with Crippen molar-refractivity contribution in [2.24, 2.45) is 0 Å². The van der Waals surface area contributed by atoms with Crippen LogP contribution in [0.15, 0.2) is 24.3 Å². The quantitative estimate of drug-likeness (QED) is 0.714. The van der Waals surface area contributed by atoms with E-state index < -0.39 is 0 Å². The Hall–Kier alpha value is -0.860. The average molecular weight is 221 g/mol. The first-order chi connectivity index (χ1) is 7.72. The van der Waals surface area contributed by atoms with Crippen molar-refractivity contribution in [3.05, 3.63) is 35.4 Å². The van der Waals surface area contributed by atoms with Crippen molar-refractivity contribution >= 4 is 0 Å². The van der Waals surface area contributed by atoms with Crippen molar-refractivity contribution in [1.29, 1.82) is 0 Å². The number of ether oxygens (including phenoxy) is 1. The molecule has 0 saturated heterocycles. The highest BCUT2D eigenvalue weighted by molar-refractivity contribution is 5.21. The lowest BCUT2D eigenvalue weighted by Gasteiger charge is -2.08. The predicted molar refractivity (Wildman–Crippen MR) is 68.4 cm³/mol. The maximum atomic E-state index is 5.49. The van der Waals surface area contributed by atoms with Crippen molar-refractivity contribution in [2.45, 2.75) is 46.4 Å². The highest BCUT2D eigenvalue weighted by atomic mass is 16.5. The van der Waals surface area contributed by atoms with Crippen LogP contribution < -0.4 is 5.32 Å². The van der Waals surface area contributed by atoms with Gasteiger partial charge in [0.05, 0.1) is 6.61 Å². The molecule has 1 aromatic carbocycles. The van der Waals surface area contributed by atoms with Gasteiger partial charge in [0.25, 0.3) is 0 Å². The normalized spacial score (nSPS) is 11.0. The molecule has 0 aliphatic carbocycles. The lowest BCUT2D eigenvalue weighted by Crippen LogP contribution is -2.21. The molecule has 2 heteroatoms. The number of benzene rings is 1. The Bertz CT molecular complexity index is 279. The minimum absolute atomic E-state index is 0.535. The van der Waals surface area contributed by atoms with E-state index in [4.69, 9.17) is 4.74 Å². The monoisotopic (exact) mass is 221 g/mol. The van der Waals surface area contributed by atoms with Gasteiger partial charge in [-0.1, -0.05) is 45.0 Å². The molecule has 0 radical (unpaired) electrons. The van der Waals surface area contributed by atoms with Gasteiger partial charge in [0, 0.05) is 19.2 Å². The summed E-state index contributed by atoms with van der Waals surface area (Å²) in [6, 6.07) is 9.16. The summed E-state index contributed by atoms with van der Waals surface area (Å²) in [5, 5.41) is 3.40. The molecule has 0 aliphatic heterocycles. The summed E-state index contributed by atoms with van der Waals surface area (Å²) in [6.45, 7) is 8.96. The van der Waals surface area contributed by atoms with Gasteiger partial charge in [0.15, 0.2) is 0 Å². The van der Waals surface area contributed by atoms with Gasteiger partial charge in [-0.15, -0.1) is 0 Å². The molecule has 0 atom stereocenters. The van der Waals surface area contributed by atoms with Crippen LogP contribution in [0.3, 0.4) is 0 Å². The summed E-state index contributed by atoms with van der Waals surface area (Å²) in [5.41, 5.74) is 2.58. The fourth-order valence-electron chi connectivity index (χ4n) is 1.41. The van der Waals surface area contributed by atoms with Gasteiger partial charge in [-0.2, -0.15) is 0 Å². The SMILES string of the molecule is CCCOCc1ccc(CNC(C)C)cc1. The summed E-state index contributed by atoms with van der Waals surface area (Å²) < 4.78 is 5.49. The minimum atomic E-state index is 0.535. The molecule has 0 fully saturated rings. The molecule has 0 aliphatic rings. The zero-order valence-electron chi connectivity index (χ0n) is 10.6. The van der Waals surface area contributed by atoms with E-state index in [-0.39, 0.29) is 0 Å². The molecule has 0 heterocycles. The second kappa shape index (κ2) is 7.42. The molecule has 0 amide bonds. The second-order valence-corrected chi connectivity index (χ2v) is 4.40. The van der Waals surface area contributed by atoms with Crippen LogP contribution in [0.1, 0.15) is 38.3 Å². The van der Waals surface area contributed by atoms with Crippen molar-refractivity contribution in [3.8, 4) is 0 Å². The fourth-order valence-corrected chi connectivity index (χ4v) is 1.41. The van der Waals surface area contributed by atoms with E-state index in [1.807, 2.05) is 0 Å². The van der Waals surface area contributed by atoms with Gasteiger partial charge in [0.2, 0.25) is 0 Å². The third kappa shape index (κ3) is 5.29. The zero-order chi connectivity index (χ0) is 11.8. The number of rotatable bonds is 7. The lowest BCUT2D eigenvalue weighted by molar-refractivity contribution is 0.121. The van der Waals surface area contributed by atoms with Crippen LogP contribution in [0.5, 0.6) is 0 Å². The molecular formula is C14H23NO. The van der Waals surface area contributed by atoms with Crippen LogP contribution in [0, 0.1) is 0 Å². The summed E-state index contributed by atoms with van der Waals surface area (Å²) in [4.78, 5) is 0. The summed E-state index contributed by atoms with van der Waals surface area (Å²) >= 11 is 0. The van der Waals surface area contributed by atoms with Gasteiger partial charge in [0.1, 0.15) is 0 Å². The Labute approximate surface area is 99.0 Å². The van der Waals surface area contributed by atoms with E-state index in [0.29, 0.717) is 6.04 Å². The van der Waals surface area contributed by atoms with E-state index in [0.717, 1.165) is 26.2 Å². The van der Waals surface area contributed by atoms with Gasteiger partial charge in [-0.05, 0) is 17.5 Å². The first-order valence-corrected chi connectivity index (χ1v) is 6.11. The van der Waals surface area contributed by atoms with Crippen molar-refractivity contribution in [3.63, 3.8) is 0 Å². The standard InChI is InChI=1S/C14H23NO/c1-4-9-16-11-14-7-5-13(6-8-14)10-15-12(2)3/h5-8,12,15H,4,9-11H2,1-3H3. The Morgan fingerprint density at radius 3 is 2.31 bits per heavy atom. The molecule has 16 heavy (non-hydrogen) atoms. The smallest absolute Gasteiger partial charge is 0.0716 e. The van der Waals surface area contributed by atoms with E-state index in [2.05, 4.69) is 50.4 Å². The molecular weight excluding hydrogens is 198 g/mol. The molecule has 0 aromatic heterocycles. The maximum Gasteiger partial charge on any atom is 0.0716 e. The van der Waals surface area contributed by atoms with E-state index in [9.17, 15) is 0 Å². The molecule has 90 valence electrons. The minimum Gasteiger partial charge on any atom is -0.377 e. The van der Waals surface area contributed by atoms with Gasteiger partial charge in [-0.3, -0.25) is 0 Å².